The van der Waals surface area contributed by atoms with Gasteiger partial charge in [-0.3, -0.25) is 9.69 Å². The molecule has 0 saturated carbocycles. The number of hydrogen-bond donors (Lipinski definition) is 2. The van der Waals surface area contributed by atoms with Gasteiger partial charge in [-0.1, -0.05) is 18.2 Å². The summed E-state index contributed by atoms with van der Waals surface area (Å²) in [5.41, 5.74) is 7.63. The zero-order valence-electron chi connectivity index (χ0n) is 24.4. The molecule has 1 fully saturated rings. The smallest absolute Gasteiger partial charge is 0.337 e. The molecular formula is C30H33BrN4O8S. The van der Waals surface area contributed by atoms with E-state index >= 15 is 0 Å². The molecule has 1 saturated heterocycles. The molecule has 1 heterocycles. The Morgan fingerprint density at radius 1 is 1.05 bits per heavy atom. The van der Waals surface area contributed by atoms with Crippen LogP contribution < -0.4 is 24.8 Å². The van der Waals surface area contributed by atoms with Gasteiger partial charge in [-0.25, -0.2) is 22.7 Å². The molecule has 3 amide bonds. The van der Waals surface area contributed by atoms with E-state index in [2.05, 4.69) is 20.7 Å². The second-order valence-corrected chi connectivity index (χ2v) is 12.8. The maximum atomic E-state index is 13.6. The maximum Gasteiger partial charge on any atom is 0.337 e. The van der Waals surface area contributed by atoms with E-state index in [1.807, 2.05) is 6.07 Å². The highest BCUT2D eigenvalue weighted by Crippen LogP contribution is 2.38. The number of amides is 3. The maximum absolute atomic E-state index is 13.6. The van der Waals surface area contributed by atoms with Crippen LogP contribution in [0.15, 0.2) is 71.2 Å². The molecule has 0 radical (unpaired) electrons. The van der Waals surface area contributed by atoms with Gasteiger partial charge in [0.2, 0.25) is 15.9 Å². The van der Waals surface area contributed by atoms with E-state index in [9.17, 15) is 22.8 Å². The fraction of sp³-hybridized carbons (Fsp3) is 0.300. The van der Waals surface area contributed by atoms with Crippen LogP contribution in [0, 0.1) is 0 Å². The summed E-state index contributed by atoms with van der Waals surface area (Å²) >= 11 is 3.45. The van der Waals surface area contributed by atoms with Gasteiger partial charge in [0.25, 0.3) is 0 Å². The molecule has 44 heavy (non-hydrogen) atoms. The molecule has 14 heteroatoms. The van der Waals surface area contributed by atoms with Crippen LogP contribution in [0.4, 0.5) is 16.2 Å². The Labute approximate surface area is 264 Å². The molecule has 0 aliphatic carbocycles. The zero-order chi connectivity index (χ0) is 32.0. The van der Waals surface area contributed by atoms with Crippen molar-refractivity contribution in [1.29, 1.82) is 0 Å². The largest absolute Gasteiger partial charge is 0.495 e. The number of nitrogens with two attached hydrogens (primary N) is 1. The molecule has 3 aromatic carbocycles. The van der Waals surface area contributed by atoms with Crippen LogP contribution in [0.2, 0.25) is 0 Å². The van der Waals surface area contributed by atoms with Gasteiger partial charge >= 0.3 is 12.0 Å². The number of rotatable bonds is 11. The number of halogens is 1. The fourth-order valence-electron chi connectivity index (χ4n) is 5.06. The standard InChI is InChI=1S/C30H33BrN4O8S/c1-41-27-14-19(8-13-26(27)35(30(32)38)25-7-5-4-6-24(25)31)15-28(36)34-17-21(33-44(3,39)40)16-22(34)18-43-23-11-9-20(10-12-23)29(37)42-2/h4-14,21-22,33H,15-18H2,1-3H3,(H2,32,38)/t21?,22-/m0/s1. The Kier molecular flexibility index (Phi) is 10.5. The topological polar surface area (TPSA) is 158 Å². The van der Waals surface area contributed by atoms with Crippen LogP contribution >= 0.6 is 15.9 Å². The number of hydrogen-bond acceptors (Lipinski definition) is 8. The van der Waals surface area contributed by atoms with Crippen LogP contribution in [0.3, 0.4) is 0 Å². The van der Waals surface area contributed by atoms with Crippen molar-refractivity contribution in [3.05, 3.63) is 82.3 Å². The first kappa shape index (κ1) is 32.8. The predicted molar refractivity (Wildman–Crippen MR) is 168 cm³/mol. The molecule has 1 unspecified atom stereocenters. The lowest BCUT2D eigenvalue weighted by Gasteiger charge is -2.26. The van der Waals surface area contributed by atoms with Crippen molar-refractivity contribution in [2.24, 2.45) is 5.73 Å². The van der Waals surface area contributed by atoms with E-state index in [1.54, 1.807) is 65.6 Å². The highest BCUT2D eigenvalue weighted by molar-refractivity contribution is 9.10. The van der Waals surface area contributed by atoms with Crippen molar-refractivity contribution in [2.45, 2.75) is 24.9 Å². The molecule has 0 aromatic heterocycles. The molecule has 1 aliphatic heterocycles. The molecule has 3 aromatic rings. The normalized spacial score (nSPS) is 16.3. The number of urea groups is 1. The van der Waals surface area contributed by atoms with Crippen LogP contribution in [0.5, 0.6) is 11.5 Å². The molecule has 12 nitrogen and oxygen atoms in total. The second kappa shape index (κ2) is 14.1. The molecule has 3 N–H and O–H groups in total. The molecule has 234 valence electrons. The van der Waals surface area contributed by atoms with Gasteiger partial charge in [0.05, 0.1) is 49.9 Å². The third kappa shape index (κ3) is 8.07. The molecule has 4 rings (SSSR count). The van der Waals surface area contributed by atoms with E-state index < -0.39 is 34.1 Å². The number of nitrogens with one attached hydrogen (secondary N) is 1. The van der Waals surface area contributed by atoms with Crippen molar-refractivity contribution < 1.29 is 37.0 Å². The summed E-state index contributed by atoms with van der Waals surface area (Å²) in [6.07, 6.45) is 1.40. The Bertz CT molecular complexity index is 1630. The lowest BCUT2D eigenvalue weighted by molar-refractivity contribution is -0.131. The first-order valence-electron chi connectivity index (χ1n) is 13.5. The Morgan fingerprint density at radius 3 is 2.36 bits per heavy atom. The Morgan fingerprint density at radius 2 is 1.75 bits per heavy atom. The predicted octanol–water partition coefficient (Wildman–Crippen LogP) is 3.60. The van der Waals surface area contributed by atoms with Gasteiger partial charge in [0.1, 0.15) is 18.1 Å². The van der Waals surface area contributed by atoms with Crippen molar-refractivity contribution >= 4 is 55.2 Å². The van der Waals surface area contributed by atoms with Crippen molar-refractivity contribution in [3.63, 3.8) is 0 Å². The van der Waals surface area contributed by atoms with Crippen LogP contribution in [-0.4, -0.2) is 76.9 Å². The minimum Gasteiger partial charge on any atom is -0.495 e. The first-order valence-corrected chi connectivity index (χ1v) is 16.2. The summed E-state index contributed by atoms with van der Waals surface area (Å²) in [7, 11) is -0.761. The summed E-state index contributed by atoms with van der Waals surface area (Å²) in [5.74, 6) is 0.0932. The summed E-state index contributed by atoms with van der Waals surface area (Å²) in [5, 5.41) is 0. The van der Waals surface area contributed by atoms with Gasteiger partial charge in [-0.2, -0.15) is 0 Å². The van der Waals surface area contributed by atoms with Crippen molar-refractivity contribution in [2.75, 3.05) is 38.5 Å². The number of ether oxygens (including phenoxy) is 3. The van der Waals surface area contributed by atoms with E-state index in [4.69, 9.17) is 19.9 Å². The number of benzene rings is 3. The van der Waals surface area contributed by atoms with Crippen LogP contribution in [-0.2, 0) is 26.0 Å². The van der Waals surface area contributed by atoms with Gasteiger partial charge in [-0.05, 0) is 76.4 Å². The summed E-state index contributed by atoms with van der Waals surface area (Å²) < 4.78 is 43.3. The SMILES string of the molecule is COC(=O)c1ccc(OC[C@@H]2CC(NS(C)(=O)=O)CN2C(=O)Cc2ccc(N(C(N)=O)c3ccccc3Br)c(OC)c2)cc1. The number of carbonyl (C=O) groups excluding carboxylic acids is 3. The fourth-order valence-corrected chi connectivity index (χ4v) is 6.30. The van der Waals surface area contributed by atoms with E-state index in [-0.39, 0.29) is 25.5 Å². The van der Waals surface area contributed by atoms with E-state index in [1.165, 1.54) is 19.1 Å². The first-order chi connectivity index (χ1) is 20.9. The number of esters is 1. The average Bonchev–Trinajstić information content (AvgIpc) is 3.38. The number of methoxy groups -OCH3 is 2. The molecule has 1 aliphatic rings. The van der Waals surface area contributed by atoms with E-state index in [0.717, 1.165) is 6.26 Å². The molecular weight excluding hydrogens is 656 g/mol. The van der Waals surface area contributed by atoms with Crippen LogP contribution in [0.1, 0.15) is 22.3 Å². The number of para-hydroxylation sites is 1. The Balaban J connectivity index is 1.53. The monoisotopic (exact) mass is 688 g/mol. The van der Waals surface area contributed by atoms with E-state index in [0.29, 0.717) is 44.9 Å². The van der Waals surface area contributed by atoms with Gasteiger partial charge in [0, 0.05) is 17.1 Å². The van der Waals surface area contributed by atoms with Gasteiger partial charge < -0.3 is 24.8 Å². The van der Waals surface area contributed by atoms with Crippen LogP contribution in [0.25, 0.3) is 0 Å². The van der Waals surface area contributed by atoms with Crippen molar-refractivity contribution in [1.82, 2.24) is 9.62 Å². The van der Waals surface area contributed by atoms with Crippen molar-refractivity contribution in [3.8, 4) is 11.5 Å². The minimum absolute atomic E-state index is 0.0157. The number of carbonyl (C=O) groups is 3. The second-order valence-electron chi connectivity index (χ2n) is 10.2. The Hall–Kier alpha value is -4.14. The number of nitrogens with zero attached hydrogens (tertiary/aromatic N) is 2. The average molecular weight is 690 g/mol. The number of sulfonamides is 1. The summed E-state index contributed by atoms with van der Waals surface area (Å²) in [6.45, 7) is 0.265. The number of anilines is 2. The lowest BCUT2D eigenvalue weighted by atomic mass is 10.1. The quantitative estimate of drug-likeness (QED) is 0.289. The lowest BCUT2D eigenvalue weighted by Crippen LogP contribution is -2.41. The number of likely N-dealkylation sites (tertiary alicyclic amines) is 1. The number of primary amides is 1. The molecule has 2 atom stereocenters. The van der Waals surface area contributed by atoms with Gasteiger partial charge in [-0.15, -0.1) is 0 Å². The molecule has 0 bridgehead atoms. The highest BCUT2D eigenvalue weighted by atomic mass is 79.9. The zero-order valence-corrected chi connectivity index (χ0v) is 26.8. The van der Waals surface area contributed by atoms with Gasteiger partial charge in [0.15, 0.2) is 0 Å². The third-order valence-corrected chi connectivity index (χ3v) is 8.42. The summed E-state index contributed by atoms with van der Waals surface area (Å²) in [6, 6.07) is 16.9. The summed E-state index contributed by atoms with van der Waals surface area (Å²) in [4.78, 5) is 40.7. The minimum atomic E-state index is -3.51. The highest BCUT2D eigenvalue weighted by Gasteiger charge is 2.37. The third-order valence-electron chi connectivity index (χ3n) is 6.99. The molecule has 0 spiro atoms.